The lowest BCUT2D eigenvalue weighted by Gasteiger charge is -2.18. The molecule has 438 valence electrons. The standard InChI is InChI=1S/C69H126O6/c1-4-7-10-13-16-19-22-25-27-29-31-32-33-34-35-36-38-39-41-44-47-50-53-56-59-62-68(71)74-65-66(64-73-67(70)61-58-55-52-49-46-43-24-21-18-15-12-9-6-3)75-69(72)63-60-57-54-51-48-45-42-40-37-30-28-26-23-20-17-14-11-8-5-2/h12,15,21-22,24-25,29,31,66H,4-11,13-14,16-20,23,26-28,30,32-65H2,1-3H3/b15-12-,24-21-,25-22-,31-29-. The zero-order valence-electron chi connectivity index (χ0n) is 50.3. The monoisotopic (exact) mass is 1050 g/mol. The topological polar surface area (TPSA) is 78.9 Å². The van der Waals surface area contributed by atoms with Gasteiger partial charge in [-0.05, 0) is 77.0 Å². The van der Waals surface area contributed by atoms with Crippen molar-refractivity contribution in [2.45, 2.75) is 361 Å². The lowest BCUT2D eigenvalue weighted by Crippen LogP contribution is -2.30. The third kappa shape index (κ3) is 62.1. The van der Waals surface area contributed by atoms with Gasteiger partial charge in [0, 0.05) is 19.3 Å². The molecule has 6 nitrogen and oxygen atoms in total. The van der Waals surface area contributed by atoms with Gasteiger partial charge < -0.3 is 14.2 Å². The Bertz CT molecular complexity index is 1300. The van der Waals surface area contributed by atoms with Gasteiger partial charge in [-0.2, -0.15) is 0 Å². The van der Waals surface area contributed by atoms with Crippen molar-refractivity contribution >= 4 is 17.9 Å². The van der Waals surface area contributed by atoms with Gasteiger partial charge >= 0.3 is 17.9 Å². The predicted molar refractivity (Wildman–Crippen MR) is 325 cm³/mol. The van der Waals surface area contributed by atoms with E-state index in [0.29, 0.717) is 19.3 Å². The minimum absolute atomic E-state index is 0.0741. The molecule has 0 aromatic rings. The van der Waals surface area contributed by atoms with Crippen molar-refractivity contribution in [2.75, 3.05) is 13.2 Å². The van der Waals surface area contributed by atoms with E-state index in [1.807, 2.05) is 0 Å². The van der Waals surface area contributed by atoms with Gasteiger partial charge in [0.1, 0.15) is 13.2 Å². The van der Waals surface area contributed by atoms with Crippen LogP contribution in [0.3, 0.4) is 0 Å². The largest absolute Gasteiger partial charge is 0.462 e. The Labute approximate surface area is 467 Å². The van der Waals surface area contributed by atoms with Crippen LogP contribution in [0.25, 0.3) is 0 Å². The third-order valence-corrected chi connectivity index (χ3v) is 14.8. The molecule has 0 amide bonds. The van der Waals surface area contributed by atoms with E-state index in [1.54, 1.807) is 0 Å². The van der Waals surface area contributed by atoms with Crippen molar-refractivity contribution in [3.63, 3.8) is 0 Å². The zero-order chi connectivity index (χ0) is 54.3. The SMILES string of the molecule is CCC/C=C\C/C=C\CCCCCCCC(=O)OCC(COC(=O)CCCCCCCCCCCCCCC/C=C\C/C=C\CCCCCCC)OC(=O)CCCCCCCCCCCCCCCCCCCCC. The summed E-state index contributed by atoms with van der Waals surface area (Å²) < 4.78 is 16.9. The fourth-order valence-corrected chi connectivity index (χ4v) is 9.81. The van der Waals surface area contributed by atoms with Gasteiger partial charge in [-0.25, -0.2) is 0 Å². The van der Waals surface area contributed by atoms with Gasteiger partial charge in [0.05, 0.1) is 0 Å². The second-order valence-corrected chi connectivity index (χ2v) is 22.4. The van der Waals surface area contributed by atoms with Gasteiger partial charge in [-0.1, -0.05) is 307 Å². The molecular weight excluding hydrogens is 925 g/mol. The Morgan fingerprint density at radius 1 is 0.267 bits per heavy atom. The Hall–Kier alpha value is -2.63. The summed E-state index contributed by atoms with van der Waals surface area (Å²) in [5.74, 6) is -0.867. The average molecular weight is 1050 g/mol. The molecule has 0 rings (SSSR count). The number of esters is 3. The molecule has 1 unspecified atom stereocenters. The summed E-state index contributed by atoms with van der Waals surface area (Å²) in [5.41, 5.74) is 0. The molecule has 0 spiro atoms. The van der Waals surface area contributed by atoms with Gasteiger partial charge in [0.2, 0.25) is 0 Å². The van der Waals surface area contributed by atoms with Crippen molar-refractivity contribution in [3.8, 4) is 0 Å². The van der Waals surface area contributed by atoms with Crippen molar-refractivity contribution in [3.05, 3.63) is 48.6 Å². The second-order valence-electron chi connectivity index (χ2n) is 22.4. The van der Waals surface area contributed by atoms with Crippen LogP contribution in [0.15, 0.2) is 48.6 Å². The van der Waals surface area contributed by atoms with Gasteiger partial charge in [-0.15, -0.1) is 0 Å². The Balaban J connectivity index is 4.26. The van der Waals surface area contributed by atoms with E-state index in [4.69, 9.17) is 14.2 Å². The Morgan fingerprint density at radius 3 is 0.787 bits per heavy atom. The number of ether oxygens (including phenoxy) is 3. The van der Waals surface area contributed by atoms with Crippen LogP contribution in [-0.4, -0.2) is 37.2 Å². The quantitative estimate of drug-likeness (QED) is 0.0261. The van der Waals surface area contributed by atoms with Crippen molar-refractivity contribution < 1.29 is 28.6 Å². The van der Waals surface area contributed by atoms with Crippen molar-refractivity contribution in [1.82, 2.24) is 0 Å². The molecule has 6 heteroatoms. The summed E-state index contributed by atoms with van der Waals surface area (Å²) in [7, 11) is 0. The minimum Gasteiger partial charge on any atom is -0.462 e. The Morgan fingerprint density at radius 2 is 0.507 bits per heavy atom. The molecule has 0 bridgehead atoms. The smallest absolute Gasteiger partial charge is 0.306 e. The first kappa shape index (κ1) is 72.4. The maximum absolute atomic E-state index is 12.9. The van der Waals surface area contributed by atoms with E-state index >= 15 is 0 Å². The molecule has 1 atom stereocenters. The summed E-state index contributed by atoms with van der Waals surface area (Å²) in [4.78, 5) is 38.3. The van der Waals surface area contributed by atoms with E-state index in [-0.39, 0.29) is 31.1 Å². The summed E-state index contributed by atoms with van der Waals surface area (Å²) in [6.45, 7) is 6.61. The van der Waals surface area contributed by atoms with E-state index < -0.39 is 6.10 Å². The Kier molecular flexibility index (Phi) is 61.7. The third-order valence-electron chi connectivity index (χ3n) is 14.8. The number of carbonyl (C=O) groups excluding carboxylic acids is 3. The number of unbranched alkanes of at least 4 members (excludes halogenated alkanes) is 42. The second kappa shape index (κ2) is 63.9. The fourth-order valence-electron chi connectivity index (χ4n) is 9.81. The number of rotatable bonds is 61. The number of carbonyl (C=O) groups is 3. The molecule has 0 aromatic carbocycles. The summed E-state index contributed by atoms with van der Waals surface area (Å²) in [6.07, 6.45) is 79.8. The molecule has 0 N–H and O–H groups in total. The first-order valence-corrected chi connectivity index (χ1v) is 33.1. The lowest BCUT2D eigenvalue weighted by atomic mass is 10.0. The van der Waals surface area contributed by atoms with Crippen LogP contribution in [0.5, 0.6) is 0 Å². The summed E-state index contributed by atoms with van der Waals surface area (Å²) in [5, 5.41) is 0. The molecule has 0 heterocycles. The molecule has 0 aliphatic rings. The molecule has 75 heavy (non-hydrogen) atoms. The predicted octanol–water partition coefficient (Wildman–Crippen LogP) is 22.6. The zero-order valence-corrected chi connectivity index (χ0v) is 50.3. The van der Waals surface area contributed by atoms with Gasteiger partial charge in [-0.3, -0.25) is 14.4 Å². The van der Waals surface area contributed by atoms with E-state index in [0.717, 1.165) is 89.9 Å². The number of hydrogen-bond acceptors (Lipinski definition) is 6. The maximum atomic E-state index is 12.9. The van der Waals surface area contributed by atoms with Crippen LogP contribution in [-0.2, 0) is 28.6 Å². The number of allylic oxidation sites excluding steroid dienone is 8. The first-order chi connectivity index (χ1) is 37.0. The van der Waals surface area contributed by atoms with Gasteiger partial charge in [0.15, 0.2) is 6.10 Å². The molecule has 0 aliphatic heterocycles. The van der Waals surface area contributed by atoms with Crippen LogP contribution in [0.4, 0.5) is 0 Å². The summed E-state index contributed by atoms with van der Waals surface area (Å²) >= 11 is 0. The van der Waals surface area contributed by atoms with Crippen molar-refractivity contribution in [1.29, 1.82) is 0 Å². The van der Waals surface area contributed by atoms with E-state index in [2.05, 4.69) is 69.4 Å². The van der Waals surface area contributed by atoms with Crippen LogP contribution >= 0.6 is 0 Å². The van der Waals surface area contributed by atoms with E-state index in [9.17, 15) is 14.4 Å². The molecule has 0 saturated carbocycles. The van der Waals surface area contributed by atoms with Crippen LogP contribution in [0, 0.1) is 0 Å². The molecule has 0 fully saturated rings. The first-order valence-electron chi connectivity index (χ1n) is 33.1. The van der Waals surface area contributed by atoms with Crippen molar-refractivity contribution in [2.24, 2.45) is 0 Å². The normalized spacial score (nSPS) is 12.3. The summed E-state index contributed by atoms with van der Waals surface area (Å²) in [6, 6.07) is 0. The van der Waals surface area contributed by atoms with Gasteiger partial charge in [0.25, 0.3) is 0 Å². The minimum atomic E-state index is -0.777. The fraction of sp³-hybridized carbons (Fsp3) is 0.841. The van der Waals surface area contributed by atoms with E-state index in [1.165, 1.54) is 225 Å². The van der Waals surface area contributed by atoms with Crippen LogP contribution in [0.2, 0.25) is 0 Å². The highest BCUT2D eigenvalue weighted by Gasteiger charge is 2.19. The molecule has 0 aliphatic carbocycles. The molecular formula is C69H126O6. The van der Waals surface area contributed by atoms with Crippen LogP contribution < -0.4 is 0 Å². The molecule has 0 radical (unpaired) electrons. The lowest BCUT2D eigenvalue weighted by molar-refractivity contribution is -0.167. The maximum Gasteiger partial charge on any atom is 0.306 e. The highest BCUT2D eigenvalue weighted by Crippen LogP contribution is 2.18. The highest BCUT2D eigenvalue weighted by atomic mass is 16.6. The highest BCUT2D eigenvalue weighted by molar-refractivity contribution is 5.71. The number of hydrogen-bond donors (Lipinski definition) is 0. The molecule has 0 saturated heterocycles. The van der Waals surface area contributed by atoms with Crippen LogP contribution in [0.1, 0.15) is 355 Å². The molecule has 0 aromatic heterocycles. The average Bonchev–Trinajstić information content (AvgIpc) is 3.41.